The van der Waals surface area contributed by atoms with E-state index in [2.05, 4.69) is 10.1 Å². The zero-order valence-corrected chi connectivity index (χ0v) is 11.4. The van der Waals surface area contributed by atoms with E-state index in [1.165, 1.54) is 19.2 Å². The average molecular weight is 292 g/mol. The van der Waals surface area contributed by atoms with Crippen molar-refractivity contribution >= 4 is 34.9 Å². The summed E-state index contributed by atoms with van der Waals surface area (Å²) in [4.78, 5) is 11.1. The third-order valence-electron chi connectivity index (χ3n) is 2.21. The van der Waals surface area contributed by atoms with E-state index >= 15 is 0 Å². The molecule has 0 saturated carbocycles. The summed E-state index contributed by atoms with van der Waals surface area (Å²) in [7, 11) is 1.31. The lowest BCUT2D eigenvalue weighted by Crippen LogP contribution is -2.05. The Balaban J connectivity index is 2.68. The first-order valence-corrected chi connectivity index (χ1v) is 5.84. The summed E-state index contributed by atoms with van der Waals surface area (Å²) < 4.78 is 17.7. The monoisotopic (exact) mass is 291 g/mol. The maximum absolute atomic E-state index is 13.1. The summed E-state index contributed by atoms with van der Waals surface area (Å²) in [5.74, 6) is -1.04. The Morgan fingerprint density at radius 3 is 2.50 bits per heavy atom. The highest BCUT2D eigenvalue weighted by molar-refractivity contribution is 6.35. The summed E-state index contributed by atoms with van der Waals surface area (Å²) in [5, 5.41) is 2.83. The van der Waals surface area contributed by atoms with Crippen molar-refractivity contribution in [1.29, 1.82) is 0 Å². The number of methoxy groups -OCH3 is 1. The first kappa shape index (κ1) is 14.8. The maximum atomic E-state index is 13.1. The number of ether oxygens (including phenoxy) is 1. The molecule has 0 aromatic heterocycles. The quantitative estimate of drug-likeness (QED) is 0.523. The summed E-state index contributed by atoms with van der Waals surface area (Å²) in [6.45, 7) is 2.01. The first-order chi connectivity index (χ1) is 8.45. The van der Waals surface area contributed by atoms with Gasteiger partial charge in [0.2, 0.25) is 0 Å². The average Bonchev–Trinajstić information content (AvgIpc) is 2.34. The van der Waals surface area contributed by atoms with E-state index in [-0.39, 0.29) is 10.0 Å². The summed E-state index contributed by atoms with van der Waals surface area (Å²) in [6, 6.07) is 2.84. The van der Waals surface area contributed by atoms with Crippen LogP contribution < -0.4 is 5.32 Å². The molecule has 0 amide bonds. The van der Waals surface area contributed by atoms with Crippen LogP contribution in [0.3, 0.4) is 0 Å². The lowest BCUT2D eigenvalue weighted by atomic mass is 10.2. The largest absolute Gasteiger partial charge is 0.466 e. The van der Waals surface area contributed by atoms with Gasteiger partial charge in [-0.3, -0.25) is 0 Å². The molecule has 0 aliphatic rings. The van der Waals surface area contributed by atoms with Gasteiger partial charge in [-0.05, 0) is 19.1 Å². The Labute approximate surface area is 115 Å². The van der Waals surface area contributed by atoms with Gasteiger partial charge in [0.25, 0.3) is 0 Å². The molecule has 0 radical (unpaired) electrons. The molecule has 98 valence electrons. The molecule has 0 saturated heterocycles. The number of halogens is 3. The molecule has 3 nitrogen and oxygen atoms in total. The van der Waals surface area contributed by atoms with E-state index in [1.54, 1.807) is 13.0 Å². The Morgan fingerprint density at radius 2 is 2.00 bits per heavy atom. The van der Waals surface area contributed by atoms with Crippen LogP contribution in [-0.4, -0.2) is 19.6 Å². The molecule has 1 aromatic carbocycles. The van der Waals surface area contributed by atoms with Crippen molar-refractivity contribution in [2.45, 2.75) is 6.92 Å². The standard InChI is InChI=1S/C12H12Cl2FNO2/c1-7(12(17)18-2)3-4-16-8-5-9(13)11(15)10(14)6-8/h3,5-6,16H,4H2,1-2H3/b7-3+. The second-order valence-electron chi connectivity index (χ2n) is 3.51. The molecule has 18 heavy (non-hydrogen) atoms. The van der Waals surface area contributed by atoms with Gasteiger partial charge in [0, 0.05) is 17.8 Å². The molecule has 0 aliphatic heterocycles. The molecule has 1 N–H and O–H groups in total. The van der Waals surface area contributed by atoms with Crippen LogP contribution in [0.15, 0.2) is 23.8 Å². The third-order valence-corrected chi connectivity index (χ3v) is 2.76. The van der Waals surface area contributed by atoms with Crippen LogP contribution in [0.25, 0.3) is 0 Å². The van der Waals surface area contributed by atoms with Gasteiger partial charge in [-0.15, -0.1) is 0 Å². The fraction of sp³-hybridized carbons (Fsp3) is 0.250. The lowest BCUT2D eigenvalue weighted by molar-refractivity contribution is -0.136. The summed E-state index contributed by atoms with van der Waals surface area (Å²) >= 11 is 11.3. The molecule has 0 unspecified atom stereocenters. The third kappa shape index (κ3) is 3.89. The summed E-state index contributed by atoms with van der Waals surface area (Å²) in [5.41, 5.74) is 1.05. The smallest absolute Gasteiger partial charge is 0.333 e. The van der Waals surface area contributed by atoms with Gasteiger partial charge < -0.3 is 10.1 Å². The zero-order chi connectivity index (χ0) is 13.7. The number of anilines is 1. The van der Waals surface area contributed by atoms with Crippen molar-refractivity contribution in [2.75, 3.05) is 19.0 Å². The second kappa shape index (κ2) is 6.61. The molecule has 0 bridgehead atoms. The molecular formula is C12H12Cl2FNO2. The van der Waals surface area contributed by atoms with Crippen LogP contribution in [0.4, 0.5) is 10.1 Å². The van der Waals surface area contributed by atoms with Gasteiger partial charge in [0.05, 0.1) is 17.2 Å². The van der Waals surface area contributed by atoms with Crippen molar-refractivity contribution < 1.29 is 13.9 Å². The van der Waals surface area contributed by atoms with E-state index in [1.807, 2.05) is 0 Å². The van der Waals surface area contributed by atoms with Crippen LogP contribution >= 0.6 is 23.2 Å². The van der Waals surface area contributed by atoms with Crippen LogP contribution in [0.2, 0.25) is 10.0 Å². The molecule has 0 aliphatic carbocycles. The van der Waals surface area contributed by atoms with Crippen LogP contribution in [0.1, 0.15) is 6.92 Å². The lowest BCUT2D eigenvalue weighted by Gasteiger charge is -2.06. The Bertz CT molecular complexity index is 466. The number of nitrogens with one attached hydrogen (secondary N) is 1. The molecular weight excluding hydrogens is 280 g/mol. The van der Waals surface area contributed by atoms with Crippen molar-refractivity contribution in [2.24, 2.45) is 0 Å². The highest BCUT2D eigenvalue weighted by atomic mass is 35.5. The van der Waals surface area contributed by atoms with E-state index < -0.39 is 11.8 Å². The van der Waals surface area contributed by atoms with Crippen molar-refractivity contribution in [3.8, 4) is 0 Å². The van der Waals surface area contributed by atoms with Gasteiger partial charge in [-0.25, -0.2) is 9.18 Å². The SMILES string of the molecule is COC(=O)/C(C)=C/CNc1cc(Cl)c(F)c(Cl)c1. The minimum atomic E-state index is -0.648. The van der Waals surface area contributed by atoms with Crippen molar-refractivity contribution in [3.63, 3.8) is 0 Å². The highest BCUT2D eigenvalue weighted by Gasteiger charge is 2.07. The Hall–Kier alpha value is -1.26. The predicted molar refractivity (Wildman–Crippen MR) is 70.7 cm³/mol. The molecule has 0 heterocycles. The van der Waals surface area contributed by atoms with Gasteiger partial charge in [-0.2, -0.15) is 0 Å². The number of hydrogen-bond donors (Lipinski definition) is 1. The summed E-state index contributed by atoms with van der Waals surface area (Å²) in [6.07, 6.45) is 1.65. The molecule has 0 spiro atoms. The molecule has 1 rings (SSSR count). The fourth-order valence-corrected chi connectivity index (χ4v) is 1.71. The fourth-order valence-electron chi connectivity index (χ4n) is 1.22. The van der Waals surface area contributed by atoms with Gasteiger partial charge in [0.1, 0.15) is 0 Å². The predicted octanol–water partition coefficient (Wildman–Crippen LogP) is 3.66. The van der Waals surface area contributed by atoms with Crippen LogP contribution in [-0.2, 0) is 9.53 Å². The van der Waals surface area contributed by atoms with E-state index in [9.17, 15) is 9.18 Å². The second-order valence-corrected chi connectivity index (χ2v) is 4.33. The van der Waals surface area contributed by atoms with Gasteiger partial charge in [-0.1, -0.05) is 29.3 Å². The number of carbonyl (C=O) groups excluding carboxylic acids is 1. The Morgan fingerprint density at radius 1 is 1.44 bits per heavy atom. The zero-order valence-electron chi connectivity index (χ0n) is 9.89. The highest BCUT2D eigenvalue weighted by Crippen LogP contribution is 2.27. The number of esters is 1. The molecule has 6 heteroatoms. The number of hydrogen-bond acceptors (Lipinski definition) is 3. The van der Waals surface area contributed by atoms with Crippen LogP contribution in [0, 0.1) is 5.82 Å². The number of rotatable bonds is 4. The number of carbonyl (C=O) groups is 1. The normalized spacial score (nSPS) is 11.3. The molecule has 0 atom stereocenters. The first-order valence-electron chi connectivity index (χ1n) is 5.09. The van der Waals surface area contributed by atoms with E-state index in [0.717, 1.165) is 0 Å². The van der Waals surface area contributed by atoms with Crippen LogP contribution in [0.5, 0.6) is 0 Å². The topological polar surface area (TPSA) is 38.3 Å². The molecule has 0 fully saturated rings. The van der Waals surface area contributed by atoms with E-state index in [4.69, 9.17) is 23.2 Å². The van der Waals surface area contributed by atoms with Gasteiger partial charge >= 0.3 is 5.97 Å². The maximum Gasteiger partial charge on any atom is 0.333 e. The van der Waals surface area contributed by atoms with Crippen molar-refractivity contribution in [1.82, 2.24) is 0 Å². The van der Waals surface area contributed by atoms with Gasteiger partial charge in [0.15, 0.2) is 5.82 Å². The minimum absolute atomic E-state index is 0.0568. The number of benzene rings is 1. The minimum Gasteiger partial charge on any atom is -0.466 e. The van der Waals surface area contributed by atoms with E-state index in [0.29, 0.717) is 17.8 Å². The molecule has 1 aromatic rings. The Kier molecular flexibility index (Phi) is 5.44. The van der Waals surface area contributed by atoms with Crippen molar-refractivity contribution in [3.05, 3.63) is 39.6 Å².